The van der Waals surface area contributed by atoms with Gasteiger partial charge in [0.15, 0.2) is 0 Å². The van der Waals surface area contributed by atoms with Crippen LogP contribution in [-0.2, 0) is 19.2 Å². The van der Waals surface area contributed by atoms with Crippen molar-refractivity contribution in [3.8, 4) is 0 Å². The van der Waals surface area contributed by atoms with Crippen molar-refractivity contribution in [3.63, 3.8) is 0 Å². The van der Waals surface area contributed by atoms with E-state index >= 15 is 0 Å². The molecule has 0 bridgehead atoms. The number of hydrogen-bond donors (Lipinski definition) is 0. The number of aliphatic imine (C=N–C) groups is 1. The molecule has 0 saturated heterocycles. The quantitative estimate of drug-likeness (QED) is 0.278. The van der Waals surface area contributed by atoms with Crippen LogP contribution in [0, 0.1) is 20.8 Å². The molecule has 0 fully saturated rings. The maximum atomic E-state index is 5.03. The molecule has 1 heterocycles. The molecule has 0 atom stereocenters. The second-order valence-electron chi connectivity index (χ2n) is 6.38. The Labute approximate surface area is 180 Å². The number of halogens is 4. The van der Waals surface area contributed by atoms with Crippen LogP contribution < -0.4 is 0 Å². The van der Waals surface area contributed by atoms with Gasteiger partial charge in [0.05, 0.1) is 5.69 Å². The fourth-order valence-electron chi connectivity index (χ4n) is 2.92. The molecule has 1 aliphatic rings. The summed E-state index contributed by atoms with van der Waals surface area (Å²) in [5.74, 6) is 0. The first-order valence-electron chi connectivity index (χ1n) is 8.34. The summed E-state index contributed by atoms with van der Waals surface area (Å²) in [5.41, 5.74) is 9.27. The van der Waals surface area contributed by atoms with E-state index in [0.29, 0.717) is 0 Å². The van der Waals surface area contributed by atoms with E-state index in [0.717, 1.165) is 29.2 Å². The van der Waals surface area contributed by atoms with E-state index in [1.54, 1.807) is 0 Å². The van der Waals surface area contributed by atoms with Crippen LogP contribution in [0.2, 0.25) is 0 Å². The van der Waals surface area contributed by atoms with Gasteiger partial charge in [-0.05, 0) is 45.2 Å². The number of hydrogen-bond acceptors (Lipinski definition) is 1. The van der Waals surface area contributed by atoms with Crippen molar-refractivity contribution in [2.75, 3.05) is 0 Å². The summed E-state index contributed by atoms with van der Waals surface area (Å²) < 4.78 is 0. The van der Waals surface area contributed by atoms with E-state index in [1.165, 1.54) is 22.3 Å². The van der Waals surface area contributed by atoms with Crippen LogP contribution >= 0.6 is 36.8 Å². The van der Waals surface area contributed by atoms with Gasteiger partial charge >= 0.3 is 49.6 Å². The fourth-order valence-corrected chi connectivity index (χ4v) is 2.92. The predicted molar refractivity (Wildman–Crippen MR) is 118 cm³/mol. The first kappa shape index (κ1) is 22.8. The molecule has 145 valence electrons. The van der Waals surface area contributed by atoms with E-state index in [9.17, 15) is 0 Å². The van der Waals surface area contributed by atoms with Gasteiger partial charge in [-0.1, -0.05) is 53.6 Å². The average molecular weight is 524 g/mol. The average Bonchev–Trinajstić information content (AvgIpc) is 2.93. The Kier molecular flexibility index (Phi) is 8.33. The Morgan fingerprint density at radius 3 is 2.04 bits per heavy atom. The summed E-state index contributed by atoms with van der Waals surface area (Å²) in [6, 6.07) is 12.7. The SMILES string of the molecule is CC(/C=C1/Cc2cccc(C)c2[N-]1)=Nc1c(C)cccc1C.[Cl][Nb]([Cl])([Cl])[Cl]. The Hall–Kier alpha value is -0.450. The predicted octanol–water partition coefficient (Wildman–Crippen LogP) is 8.61. The molecule has 0 spiro atoms. The molecule has 0 amide bonds. The number of para-hydroxylation sites is 2. The Morgan fingerprint density at radius 1 is 0.963 bits per heavy atom. The maximum absolute atomic E-state index is 5.03. The van der Waals surface area contributed by atoms with Gasteiger partial charge in [0.1, 0.15) is 0 Å². The van der Waals surface area contributed by atoms with Crippen LogP contribution in [0.1, 0.15) is 29.2 Å². The standard InChI is InChI=1S/C20H21N2.4ClH.Nb/c1-13-7-5-8-14(2)19(13)21-16(4)11-18-12-17-10-6-9-15(3)20(17)22-18;;;;;/h5-11H,12H2,1-4H3;4*1H;/q-1;;;;;+4/p-4/b18-11-,21-16?;;;;;. The fraction of sp³-hybridized carbons (Fsp3) is 0.250. The van der Waals surface area contributed by atoms with Crippen LogP contribution in [0.4, 0.5) is 11.4 Å². The number of benzene rings is 2. The Morgan fingerprint density at radius 2 is 1.48 bits per heavy atom. The van der Waals surface area contributed by atoms with Gasteiger partial charge < -0.3 is 5.32 Å². The number of aryl methyl sites for hydroxylation is 3. The van der Waals surface area contributed by atoms with E-state index in [4.69, 9.17) is 47.1 Å². The van der Waals surface area contributed by atoms with Crippen LogP contribution in [0.15, 0.2) is 53.2 Å². The molecule has 2 aromatic carbocycles. The molecular weight excluding hydrogens is 503 g/mol. The zero-order valence-electron chi connectivity index (χ0n) is 15.6. The summed E-state index contributed by atoms with van der Waals surface area (Å²) >= 11 is -3.21. The van der Waals surface area contributed by atoms with Crippen LogP contribution in [0.25, 0.3) is 5.32 Å². The first-order chi connectivity index (χ1) is 12.5. The van der Waals surface area contributed by atoms with Gasteiger partial charge in [-0.25, -0.2) is 0 Å². The van der Waals surface area contributed by atoms with E-state index < -0.39 is 12.8 Å². The van der Waals surface area contributed by atoms with Crippen molar-refractivity contribution >= 4 is 53.8 Å². The minimum atomic E-state index is -3.21. The molecule has 0 aromatic heterocycles. The molecule has 0 aliphatic carbocycles. The Balaban J connectivity index is 0.000000465. The summed E-state index contributed by atoms with van der Waals surface area (Å²) in [4.78, 5) is 4.79. The van der Waals surface area contributed by atoms with Gasteiger partial charge in [-0.15, -0.1) is 5.69 Å². The van der Waals surface area contributed by atoms with Crippen LogP contribution in [0.5, 0.6) is 0 Å². The van der Waals surface area contributed by atoms with Gasteiger partial charge in [0.2, 0.25) is 0 Å². The topological polar surface area (TPSA) is 26.5 Å². The summed E-state index contributed by atoms with van der Waals surface area (Å²) in [6.45, 7) is 8.37. The van der Waals surface area contributed by atoms with Gasteiger partial charge in [-0.3, -0.25) is 4.99 Å². The second-order valence-corrected chi connectivity index (χ2v) is 26.4. The summed E-state index contributed by atoms with van der Waals surface area (Å²) in [6.07, 6.45) is 3.00. The van der Waals surface area contributed by atoms with Crippen LogP contribution in [-0.4, -0.2) is 5.71 Å². The molecule has 0 radical (unpaired) electrons. The van der Waals surface area contributed by atoms with Crippen molar-refractivity contribution in [2.24, 2.45) is 4.99 Å². The van der Waals surface area contributed by atoms with Crippen molar-refractivity contribution in [1.82, 2.24) is 0 Å². The molecule has 0 N–H and O–H groups in total. The van der Waals surface area contributed by atoms with Gasteiger partial charge in [0, 0.05) is 5.71 Å². The van der Waals surface area contributed by atoms with E-state index in [1.807, 2.05) is 6.92 Å². The normalized spacial score (nSPS) is 15.1. The molecule has 2 aromatic rings. The van der Waals surface area contributed by atoms with E-state index in [-0.39, 0.29) is 0 Å². The first-order valence-corrected chi connectivity index (χ1v) is 19.7. The number of rotatable bonds is 2. The van der Waals surface area contributed by atoms with Crippen molar-refractivity contribution in [2.45, 2.75) is 34.1 Å². The summed E-state index contributed by atoms with van der Waals surface area (Å²) in [5, 5.41) is 4.76. The molecule has 2 nitrogen and oxygen atoms in total. The van der Waals surface area contributed by atoms with Gasteiger partial charge in [-0.2, -0.15) is 5.70 Å². The molecule has 0 unspecified atom stereocenters. The third kappa shape index (κ3) is 7.47. The minimum absolute atomic E-state index is 0.899. The summed E-state index contributed by atoms with van der Waals surface area (Å²) in [7, 11) is 20.1. The number of allylic oxidation sites excluding steroid dienone is 2. The molecule has 3 rings (SSSR count). The molecular formula is C20H21Cl4N2Nb-. The Bertz CT molecular complexity index is 860. The zero-order valence-corrected chi connectivity index (χ0v) is 20.8. The molecule has 0 saturated carbocycles. The number of fused-ring (bicyclic) bond motifs is 1. The monoisotopic (exact) mass is 522 g/mol. The third-order valence-corrected chi connectivity index (χ3v) is 4.05. The third-order valence-electron chi connectivity index (χ3n) is 4.05. The van der Waals surface area contributed by atoms with Crippen molar-refractivity contribution < 1.29 is 12.8 Å². The molecule has 27 heavy (non-hydrogen) atoms. The van der Waals surface area contributed by atoms with Crippen LogP contribution in [0.3, 0.4) is 0 Å². The zero-order chi connectivity index (χ0) is 20.2. The number of nitrogens with zero attached hydrogens (tertiary/aromatic N) is 2. The van der Waals surface area contributed by atoms with Crippen molar-refractivity contribution in [3.05, 3.63) is 75.7 Å². The molecule has 1 aliphatic heterocycles. The van der Waals surface area contributed by atoms with Crippen molar-refractivity contribution in [1.29, 1.82) is 0 Å². The molecule has 7 heteroatoms. The van der Waals surface area contributed by atoms with Gasteiger partial charge in [0.25, 0.3) is 0 Å². The van der Waals surface area contributed by atoms with E-state index in [2.05, 4.69) is 63.2 Å². The second kappa shape index (κ2) is 9.84.